The van der Waals surface area contributed by atoms with Crippen LogP contribution >= 0.6 is 0 Å². The highest BCUT2D eigenvalue weighted by Gasteiger charge is 2.16. The van der Waals surface area contributed by atoms with E-state index in [0.717, 1.165) is 44.6 Å². The Bertz CT molecular complexity index is 134. The van der Waals surface area contributed by atoms with Crippen LogP contribution in [-0.4, -0.2) is 12.5 Å². The lowest BCUT2D eigenvalue weighted by molar-refractivity contribution is -0.119. The van der Waals surface area contributed by atoms with Crippen LogP contribution in [0.4, 0.5) is 0 Å². The maximum atomic E-state index is 11.5. The first-order valence-corrected chi connectivity index (χ1v) is 5.39. The normalized spacial score (nSPS) is 10.5. The van der Waals surface area contributed by atoms with E-state index < -0.39 is 0 Å². The Morgan fingerprint density at radius 3 is 2.23 bits per heavy atom. The largest absolute Gasteiger partial charge is 0.356 e. The Hall–Kier alpha value is -0.530. The molecule has 0 aliphatic heterocycles. The van der Waals surface area contributed by atoms with Gasteiger partial charge in [-0.05, 0) is 19.8 Å². The lowest BCUT2D eigenvalue weighted by atomic mass is 9.96. The third kappa shape index (κ3) is 5.67. The first-order chi connectivity index (χ1) is 6.26. The van der Waals surface area contributed by atoms with Crippen molar-refractivity contribution in [1.82, 2.24) is 5.32 Å². The fourth-order valence-corrected chi connectivity index (χ4v) is 1.33. The Balaban J connectivity index is 3.83. The molecule has 0 bridgehead atoms. The summed E-state index contributed by atoms with van der Waals surface area (Å²) < 4.78 is 0. The summed E-state index contributed by atoms with van der Waals surface area (Å²) in [5.74, 6) is 1.24. The molecule has 0 rings (SSSR count). The predicted octanol–water partition coefficient (Wildman–Crippen LogP) is 2.69. The van der Waals surface area contributed by atoms with Gasteiger partial charge in [-0.3, -0.25) is 4.79 Å². The third-order valence-corrected chi connectivity index (χ3v) is 2.04. The molecular formula is C11H22NO. The summed E-state index contributed by atoms with van der Waals surface area (Å²) in [7, 11) is 0. The molecule has 1 radical (unpaired) electrons. The summed E-state index contributed by atoms with van der Waals surface area (Å²) >= 11 is 0. The summed E-state index contributed by atoms with van der Waals surface area (Å²) in [5, 5.41) is 2.86. The zero-order valence-electron chi connectivity index (χ0n) is 9.15. The zero-order valence-corrected chi connectivity index (χ0v) is 9.15. The van der Waals surface area contributed by atoms with Crippen LogP contribution in [0.5, 0.6) is 0 Å². The van der Waals surface area contributed by atoms with E-state index in [4.69, 9.17) is 0 Å². The monoisotopic (exact) mass is 184 g/mol. The minimum Gasteiger partial charge on any atom is -0.356 e. The van der Waals surface area contributed by atoms with Crippen LogP contribution in [0.3, 0.4) is 0 Å². The number of hydrogen-bond acceptors (Lipinski definition) is 1. The van der Waals surface area contributed by atoms with Gasteiger partial charge in [-0.25, -0.2) is 0 Å². The highest BCUT2D eigenvalue weighted by molar-refractivity contribution is 5.89. The number of rotatable bonds is 7. The topological polar surface area (TPSA) is 29.1 Å². The SMILES string of the molecule is CCCC[C](CCC)C(=O)NCC. The molecule has 0 heterocycles. The van der Waals surface area contributed by atoms with Crippen molar-refractivity contribution in [2.24, 2.45) is 0 Å². The standard InChI is InChI=1S/C11H22NO/c1-4-7-9-10(8-5-2)11(13)12-6-3/h4-9H2,1-3H3,(H,12,13). The second-order valence-corrected chi connectivity index (χ2v) is 3.32. The Morgan fingerprint density at radius 2 is 1.77 bits per heavy atom. The number of nitrogens with one attached hydrogen (secondary N) is 1. The average molecular weight is 184 g/mol. The highest BCUT2D eigenvalue weighted by Crippen LogP contribution is 2.17. The number of carbonyl (C=O) groups excluding carboxylic acids is 1. The van der Waals surface area contributed by atoms with Gasteiger partial charge in [0.05, 0.1) is 5.92 Å². The van der Waals surface area contributed by atoms with Crippen LogP contribution in [0.1, 0.15) is 52.9 Å². The van der Waals surface area contributed by atoms with Crippen molar-refractivity contribution >= 4 is 5.91 Å². The second kappa shape index (κ2) is 8.09. The summed E-state index contributed by atoms with van der Waals surface area (Å²) in [4.78, 5) is 11.5. The second-order valence-electron chi connectivity index (χ2n) is 3.32. The van der Waals surface area contributed by atoms with E-state index in [1.165, 1.54) is 0 Å². The lowest BCUT2D eigenvalue weighted by Crippen LogP contribution is -2.29. The minimum atomic E-state index is 0.165. The number of amides is 1. The fourth-order valence-electron chi connectivity index (χ4n) is 1.33. The van der Waals surface area contributed by atoms with Crippen LogP contribution < -0.4 is 5.32 Å². The predicted molar refractivity (Wildman–Crippen MR) is 56.4 cm³/mol. The third-order valence-electron chi connectivity index (χ3n) is 2.04. The van der Waals surface area contributed by atoms with Gasteiger partial charge in [0.15, 0.2) is 0 Å². The van der Waals surface area contributed by atoms with Gasteiger partial charge in [0.25, 0.3) is 0 Å². The molecule has 1 amide bonds. The summed E-state index contributed by atoms with van der Waals surface area (Å²) in [5.41, 5.74) is 0. The van der Waals surface area contributed by atoms with Crippen molar-refractivity contribution in [2.75, 3.05) is 6.54 Å². The van der Waals surface area contributed by atoms with E-state index in [2.05, 4.69) is 19.2 Å². The Kier molecular flexibility index (Phi) is 7.76. The maximum Gasteiger partial charge on any atom is 0.227 e. The van der Waals surface area contributed by atoms with Crippen LogP contribution in [0.25, 0.3) is 0 Å². The van der Waals surface area contributed by atoms with Gasteiger partial charge in [-0.1, -0.05) is 33.1 Å². The van der Waals surface area contributed by atoms with Gasteiger partial charge in [0.1, 0.15) is 0 Å². The molecule has 0 aliphatic carbocycles. The summed E-state index contributed by atoms with van der Waals surface area (Å²) in [6.07, 6.45) is 5.28. The molecule has 77 valence electrons. The minimum absolute atomic E-state index is 0.165. The first-order valence-electron chi connectivity index (χ1n) is 5.39. The molecule has 0 spiro atoms. The molecule has 0 aromatic carbocycles. The molecule has 2 heteroatoms. The van der Waals surface area contributed by atoms with Gasteiger partial charge in [-0.15, -0.1) is 0 Å². The van der Waals surface area contributed by atoms with E-state index >= 15 is 0 Å². The molecule has 13 heavy (non-hydrogen) atoms. The van der Waals surface area contributed by atoms with Crippen molar-refractivity contribution in [2.45, 2.75) is 52.9 Å². The molecule has 1 N–H and O–H groups in total. The molecule has 2 nitrogen and oxygen atoms in total. The van der Waals surface area contributed by atoms with Crippen LogP contribution in [0.15, 0.2) is 0 Å². The molecule has 0 aliphatic rings. The van der Waals surface area contributed by atoms with E-state index in [0.29, 0.717) is 0 Å². The highest BCUT2D eigenvalue weighted by atomic mass is 16.1. The van der Waals surface area contributed by atoms with Gasteiger partial charge >= 0.3 is 0 Å². The zero-order chi connectivity index (χ0) is 10.1. The van der Waals surface area contributed by atoms with Gasteiger partial charge in [0.2, 0.25) is 5.91 Å². The maximum absolute atomic E-state index is 11.5. The van der Waals surface area contributed by atoms with Crippen molar-refractivity contribution in [3.8, 4) is 0 Å². The molecular weight excluding hydrogens is 162 g/mol. The molecule has 0 saturated carbocycles. The number of hydrogen-bond donors (Lipinski definition) is 1. The van der Waals surface area contributed by atoms with Crippen molar-refractivity contribution in [1.29, 1.82) is 0 Å². The first kappa shape index (κ1) is 12.5. The molecule has 0 aromatic rings. The van der Waals surface area contributed by atoms with Crippen molar-refractivity contribution in [3.63, 3.8) is 0 Å². The van der Waals surface area contributed by atoms with E-state index in [-0.39, 0.29) is 5.91 Å². The molecule has 0 fully saturated rings. The molecule has 0 unspecified atom stereocenters. The van der Waals surface area contributed by atoms with E-state index in [1.54, 1.807) is 0 Å². The van der Waals surface area contributed by atoms with Crippen LogP contribution in [0.2, 0.25) is 0 Å². The quantitative estimate of drug-likeness (QED) is 0.647. The van der Waals surface area contributed by atoms with E-state index in [1.807, 2.05) is 6.92 Å². The Morgan fingerprint density at radius 1 is 1.08 bits per heavy atom. The van der Waals surface area contributed by atoms with Crippen molar-refractivity contribution in [3.05, 3.63) is 5.92 Å². The molecule has 0 aromatic heterocycles. The summed E-state index contributed by atoms with van der Waals surface area (Å²) in [6.45, 7) is 6.96. The number of carbonyl (C=O) groups is 1. The summed E-state index contributed by atoms with van der Waals surface area (Å²) in [6, 6.07) is 0. The number of unbranched alkanes of at least 4 members (excludes halogenated alkanes) is 1. The average Bonchev–Trinajstić information content (AvgIpc) is 2.12. The smallest absolute Gasteiger partial charge is 0.227 e. The van der Waals surface area contributed by atoms with Gasteiger partial charge in [0, 0.05) is 6.54 Å². The van der Waals surface area contributed by atoms with Gasteiger partial charge < -0.3 is 5.32 Å². The van der Waals surface area contributed by atoms with Crippen molar-refractivity contribution < 1.29 is 4.79 Å². The van der Waals surface area contributed by atoms with E-state index in [9.17, 15) is 4.79 Å². The van der Waals surface area contributed by atoms with Crippen LogP contribution in [0, 0.1) is 5.92 Å². The lowest BCUT2D eigenvalue weighted by Gasteiger charge is -2.13. The van der Waals surface area contributed by atoms with Crippen LogP contribution in [-0.2, 0) is 4.79 Å². The molecule has 0 atom stereocenters. The molecule has 0 saturated heterocycles. The van der Waals surface area contributed by atoms with Gasteiger partial charge in [-0.2, -0.15) is 0 Å². The Labute approximate surface area is 82.1 Å². The fraction of sp³-hybridized carbons (Fsp3) is 0.818.